The van der Waals surface area contributed by atoms with Crippen LogP contribution in [-0.4, -0.2) is 12.8 Å². The van der Waals surface area contributed by atoms with Gasteiger partial charge in [-0.15, -0.1) is 0 Å². The van der Waals surface area contributed by atoms with Gasteiger partial charge in [0.2, 0.25) is 0 Å². The summed E-state index contributed by atoms with van der Waals surface area (Å²) in [5.74, 6) is 0.0392. The van der Waals surface area contributed by atoms with E-state index < -0.39 is 0 Å². The number of hydrogen-bond donors (Lipinski definition) is 0. The summed E-state index contributed by atoms with van der Waals surface area (Å²) in [5, 5.41) is 0. The third-order valence-corrected chi connectivity index (χ3v) is 5.48. The Morgan fingerprint density at radius 3 is 2.07 bits per heavy atom. The Morgan fingerprint density at radius 2 is 1.41 bits per heavy atom. The van der Waals surface area contributed by atoms with Crippen LogP contribution >= 0.6 is 0 Å². The van der Waals surface area contributed by atoms with Crippen molar-refractivity contribution < 1.29 is 4.79 Å². The number of hydrogen-bond acceptors (Lipinski definition) is 2. The van der Waals surface area contributed by atoms with E-state index in [4.69, 9.17) is 0 Å². The topological polar surface area (TPSA) is 20.3 Å². The van der Waals surface area contributed by atoms with E-state index >= 15 is 0 Å². The van der Waals surface area contributed by atoms with Crippen molar-refractivity contribution in [2.45, 2.75) is 19.3 Å². The molecule has 27 heavy (non-hydrogen) atoms. The SMILES string of the molecule is CN1/C(=C/C(=O)c2ccc(-c3ccccc3)cc2)C(C)(C)c2ccccc21. The van der Waals surface area contributed by atoms with Gasteiger partial charge in [-0.25, -0.2) is 0 Å². The van der Waals surface area contributed by atoms with Gasteiger partial charge in [-0.1, -0.05) is 86.6 Å². The Labute approximate surface area is 160 Å². The van der Waals surface area contributed by atoms with Crippen molar-refractivity contribution >= 4 is 11.5 Å². The minimum Gasteiger partial charge on any atom is -0.347 e. The Bertz CT molecular complexity index is 1010. The van der Waals surface area contributed by atoms with Gasteiger partial charge in [0.05, 0.1) is 0 Å². The van der Waals surface area contributed by atoms with E-state index in [2.05, 4.69) is 49.1 Å². The number of carbonyl (C=O) groups excluding carboxylic acids is 1. The highest BCUT2D eigenvalue weighted by atomic mass is 16.1. The first-order valence-electron chi connectivity index (χ1n) is 9.24. The maximum Gasteiger partial charge on any atom is 0.187 e. The second kappa shape index (κ2) is 6.55. The summed E-state index contributed by atoms with van der Waals surface area (Å²) in [6, 6.07) is 26.4. The smallest absolute Gasteiger partial charge is 0.187 e. The number of allylic oxidation sites excluding steroid dienone is 2. The summed E-state index contributed by atoms with van der Waals surface area (Å²) in [7, 11) is 2.03. The highest BCUT2D eigenvalue weighted by Gasteiger charge is 2.38. The monoisotopic (exact) mass is 353 g/mol. The molecule has 1 aliphatic rings. The summed E-state index contributed by atoms with van der Waals surface area (Å²) in [6.07, 6.45) is 1.79. The molecule has 0 unspecified atom stereocenters. The summed E-state index contributed by atoms with van der Waals surface area (Å²) in [6.45, 7) is 4.35. The zero-order valence-corrected chi connectivity index (χ0v) is 15.9. The average molecular weight is 353 g/mol. The van der Waals surface area contributed by atoms with Gasteiger partial charge in [0.15, 0.2) is 5.78 Å². The van der Waals surface area contributed by atoms with Crippen LogP contribution in [0.25, 0.3) is 11.1 Å². The van der Waals surface area contributed by atoms with Crippen LogP contribution in [0.15, 0.2) is 90.6 Å². The average Bonchev–Trinajstić information content (AvgIpc) is 2.90. The molecule has 134 valence electrons. The van der Waals surface area contributed by atoms with E-state index in [1.807, 2.05) is 55.6 Å². The van der Waals surface area contributed by atoms with Crippen molar-refractivity contribution in [2.75, 3.05) is 11.9 Å². The molecule has 0 bridgehead atoms. The van der Waals surface area contributed by atoms with E-state index in [-0.39, 0.29) is 11.2 Å². The van der Waals surface area contributed by atoms with Crippen molar-refractivity contribution in [3.63, 3.8) is 0 Å². The Hall–Kier alpha value is -3.13. The zero-order chi connectivity index (χ0) is 19.0. The summed E-state index contributed by atoms with van der Waals surface area (Å²) < 4.78 is 0. The van der Waals surface area contributed by atoms with Crippen LogP contribution in [0.3, 0.4) is 0 Å². The molecule has 3 aromatic carbocycles. The number of benzene rings is 3. The number of para-hydroxylation sites is 1. The lowest BCUT2D eigenvalue weighted by Gasteiger charge is -2.24. The largest absolute Gasteiger partial charge is 0.347 e. The lowest BCUT2D eigenvalue weighted by molar-refractivity contribution is 0.104. The van der Waals surface area contributed by atoms with E-state index in [0.717, 1.165) is 16.8 Å². The molecule has 4 rings (SSSR count). The highest BCUT2D eigenvalue weighted by Crippen LogP contribution is 2.46. The van der Waals surface area contributed by atoms with Crippen LogP contribution in [0.2, 0.25) is 0 Å². The molecule has 0 radical (unpaired) electrons. The van der Waals surface area contributed by atoms with Crippen molar-refractivity contribution in [1.82, 2.24) is 0 Å². The van der Waals surface area contributed by atoms with Crippen LogP contribution in [0.4, 0.5) is 5.69 Å². The maximum atomic E-state index is 12.9. The zero-order valence-electron chi connectivity index (χ0n) is 15.9. The van der Waals surface area contributed by atoms with Crippen LogP contribution in [-0.2, 0) is 5.41 Å². The van der Waals surface area contributed by atoms with Crippen LogP contribution in [0.5, 0.6) is 0 Å². The van der Waals surface area contributed by atoms with E-state index in [9.17, 15) is 4.79 Å². The lowest BCUT2D eigenvalue weighted by atomic mass is 9.83. The Kier molecular flexibility index (Phi) is 4.19. The molecule has 1 heterocycles. The summed E-state index contributed by atoms with van der Waals surface area (Å²) in [5.41, 5.74) is 6.24. The molecule has 0 aromatic heterocycles. The molecule has 1 aliphatic heterocycles. The first kappa shape index (κ1) is 17.3. The molecule has 0 saturated heterocycles. The molecular weight excluding hydrogens is 330 g/mol. The number of anilines is 1. The third kappa shape index (κ3) is 2.97. The fourth-order valence-corrected chi connectivity index (χ4v) is 3.92. The van der Waals surface area contributed by atoms with Crippen molar-refractivity contribution in [3.8, 4) is 11.1 Å². The molecular formula is C25H23NO. The van der Waals surface area contributed by atoms with Crippen LogP contribution in [0, 0.1) is 0 Å². The number of likely N-dealkylation sites (N-methyl/N-ethyl adjacent to an activating group) is 1. The van der Waals surface area contributed by atoms with E-state index in [0.29, 0.717) is 5.56 Å². The molecule has 0 N–H and O–H groups in total. The van der Waals surface area contributed by atoms with Crippen LogP contribution < -0.4 is 4.90 Å². The molecule has 0 amide bonds. The fraction of sp³-hybridized carbons (Fsp3) is 0.160. The number of rotatable bonds is 3. The molecule has 0 spiro atoms. The quantitative estimate of drug-likeness (QED) is 0.435. The Morgan fingerprint density at radius 1 is 0.815 bits per heavy atom. The summed E-state index contributed by atoms with van der Waals surface area (Å²) in [4.78, 5) is 15.1. The van der Waals surface area contributed by atoms with Gasteiger partial charge >= 0.3 is 0 Å². The molecule has 2 nitrogen and oxygen atoms in total. The number of carbonyl (C=O) groups is 1. The van der Waals surface area contributed by atoms with Crippen molar-refractivity contribution in [3.05, 3.63) is 102 Å². The fourth-order valence-electron chi connectivity index (χ4n) is 3.92. The first-order chi connectivity index (χ1) is 13.0. The normalized spacial score (nSPS) is 16.4. The molecule has 0 aliphatic carbocycles. The van der Waals surface area contributed by atoms with Gasteiger partial charge in [0, 0.05) is 35.5 Å². The highest BCUT2D eigenvalue weighted by molar-refractivity contribution is 6.06. The predicted molar refractivity (Wildman–Crippen MR) is 112 cm³/mol. The van der Waals surface area contributed by atoms with E-state index in [1.165, 1.54) is 11.3 Å². The number of ketones is 1. The molecule has 0 fully saturated rings. The van der Waals surface area contributed by atoms with Gasteiger partial charge < -0.3 is 4.90 Å². The van der Waals surface area contributed by atoms with Gasteiger partial charge in [-0.05, 0) is 22.8 Å². The maximum absolute atomic E-state index is 12.9. The van der Waals surface area contributed by atoms with Gasteiger partial charge in [-0.3, -0.25) is 4.79 Å². The molecule has 2 heteroatoms. The second-order valence-corrected chi connectivity index (χ2v) is 7.54. The lowest BCUT2D eigenvalue weighted by Crippen LogP contribution is -2.24. The summed E-state index contributed by atoms with van der Waals surface area (Å²) >= 11 is 0. The minimum absolute atomic E-state index is 0.0392. The third-order valence-electron chi connectivity index (χ3n) is 5.48. The number of nitrogens with zero attached hydrogens (tertiary/aromatic N) is 1. The van der Waals surface area contributed by atoms with Crippen LogP contribution in [0.1, 0.15) is 29.8 Å². The van der Waals surface area contributed by atoms with Gasteiger partial charge in [0.1, 0.15) is 0 Å². The van der Waals surface area contributed by atoms with Gasteiger partial charge in [0.25, 0.3) is 0 Å². The minimum atomic E-state index is -0.190. The number of fused-ring (bicyclic) bond motifs is 1. The van der Waals surface area contributed by atoms with Crippen molar-refractivity contribution in [2.24, 2.45) is 0 Å². The molecule has 0 saturated carbocycles. The predicted octanol–water partition coefficient (Wildman–Crippen LogP) is 5.85. The molecule has 3 aromatic rings. The standard InChI is InChI=1S/C25H23NO/c1-25(2)21-11-7-8-12-22(21)26(3)24(25)17-23(27)20-15-13-19(14-16-20)18-9-5-4-6-10-18/h4-17H,1-3H3/b24-17+. The molecule has 0 atom stereocenters. The second-order valence-electron chi connectivity index (χ2n) is 7.54. The Balaban J connectivity index is 1.64. The van der Waals surface area contributed by atoms with E-state index in [1.54, 1.807) is 6.08 Å². The first-order valence-corrected chi connectivity index (χ1v) is 9.24. The van der Waals surface area contributed by atoms with Crippen molar-refractivity contribution in [1.29, 1.82) is 0 Å². The van der Waals surface area contributed by atoms with Gasteiger partial charge in [-0.2, -0.15) is 0 Å².